The van der Waals surface area contributed by atoms with Gasteiger partial charge in [0.05, 0.1) is 0 Å². The molecule has 0 bridgehead atoms. The van der Waals surface area contributed by atoms with Gasteiger partial charge in [-0.25, -0.2) is 0 Å². The Kier molecular flexibility index (Phi) is 4.98. The van der Waals surface area contributed by atoms with Crippen LogP contribution in [0, 0.1) is 5.92 Å². The molecule has 3 aliphatic rings. The lowest BCUT2D eigenvalue weighted by molar-refractivity contribution is -0.123. The van der Waals surface area contributed by atoms with Crippen molar-refractivity contribution in [1.29, 1.82) is 0 Å². The predicted octanol–water partition coefficient (Wildman–Crippen LogP) is 3.09. The van der Waals surface area contributed by atoms with Gasteiger partial charge in [-0.3, -0.25) is 4.79 Å². The fraction of sp³-hybridized carbons (Fsp3) is 0.941. The summed E-state index contributed by atoms with van der Waals surface area (Å²) >= 11 is 0. The van der Waals surface area contributed by atoms with Gasteiger partial charge in [-0.05, 0) is 57.5 Å². The molecule has 3 rings (SSSR count). The van der Waals surface area contributed by atoms with Gasteiger partial charge in [-0.2, -0.15) is 0 Å². The second-order valence-electron chi connectivity index (χ2n) is 7.17. The Morgan fingerprint density at radius 2 is 1.55 bits per heavy atom. The molecule has 0 aromatic carbocycles. The Balaban J connectivity index is 1.35. The first-order valence-electron chi connectivity index (χ1n) is 8.84. The molecule has 0 aromatic heterocycles. The van der Waals surface area contributed by atoms with E-state index in [1.165, 1.54) is 77.3 Å². The van der Waals surface area contributed by atoms with Crippen LogP contribution in [0.25, 0.3) is 0 Å². The lowest BCUT2D eigenvalue weighted by Gasteiger charge is -2.32. The molecule has 1 saturated heterocycles. The lowest BCUT2D eigenvalue weighted by atomic mass is 9.93. The normalized spacial score (nSPS) is 27.2. The van der Waals surface area contributed by atoms with Gasteiger partial charge in [0.25, 0.3) is 0 Å². The van der Waals surface area contributed by atoms with E-state index in [-0.39, 0.29) is 0 Å². The van der Waals surface area contributed by atoms with Gasteiger partial charge in [0.1, 0.15) is 0 Å². The highest BCUT2D eigenvalue weighted by Gasteiger charge is 2.32. The molecule has 2 aliphatic carbocycles. The van der Waals surface area contributed by atoms with Crippen molar-refractivity contribution in [3.8, 4) is 0 Å². The van der Waals surface area contributed by atoms with Crippen molar-refractivity contribution in [3.05, 3.63) is 0 Å². The summed E-state index contributed by atoms with van der Waals surface area (Å²) < 4.78 is 0. The third-order valence-electron chi connectivity index (χ3n) is 5.41. The Labute approximate surface area is 123 Å². The van der Waals surface area contributed by atoms with E-state index in [1.54, 1.807) is 0 Å². The molecule has 0 atom stereocenters. The van der Waals surface area contributed by atoms with Crippen LogP contribution >= 0.6 is 0 Å². The second-order valence-corrected chi connectivity index (χ2v) is 7.17. The lowest BCUT2D eigenvalue weighted by Crippen LogP contribution is -2.39. The van der Waals surface area contributed by atoms with E-state index in [2.05, 4.69) is 10.2 Å². The van der Waals surface area contributed by atoms with Gasteiger partial charge in [0.15, 0.2) is 0 Å². The summed E-state index contributed by atoms with van der Waals surface area (Å²) in [4.78, 5) is 14.8. The van der Waals surface area contributed by atoms with Crippen molar-refractivity contribution in [2.45, 2.75) is 82.7 Å². The Morgan fingerprint density at radius 3 is 2.15 bits per heavy atom. The van der Waals surface area contributed by atoms with Crippen molar-refractivity contribution >= 4 is 5.91 Å². The van der Waals surface area contributed by atoms with Crippen molar-refractivity contribution in [1.82, 2.24) is 10.2 Å². The number of hydrogen-bond acceptors (Lipinski definition) is 2. The number of piperidine rings is 1. The number of amides is 1. The van der Waals surface area contributed by atoms with E-state index < -0.39 is 0 Å². The van der Waals surface area contributed by atoms with E-state index in [0.717, 1.165) is 12.5 Å². The average Bonchev–Trinajstić information content (AvgIpc) is 3.27. The number of likely N-dealkylation sites (tertiary alicyclic amines) is 1. The summed E-state index contributed by atoms with van der Waals surface area (Å²) in [6.07, 6.45) is 13.8. The highest BCUT2D eigenvalue weighted by Crippen LogP contribution is 2.31. The third-order valence-corrected chi connectivity index (χ3v) is 5.41. The molecule has 3 fully saturated rings. The zero-order chi connectivity index (χ0) is 13.8. The maximum atomic E-state index is 12.2. The molecule has 0 aromatic rings. The van der Waals surface area contributed by atoms with Crippen molar-refractivity contribution in [3.63, 3.8) is 0 Å². The SMILES string of the molecule is O=C(CC1CCN(C2CC2)CC1)NC1CCCCCC1. The minimum Gasteiger partial charge on any atom is -0.353 e. The largest absolute Gasteiger partial charge is 0.353 e. The van der Waals surface area contributed by atoms with Crippen LogP contribution in [0.15, 0.2) is 0 Å². The first-order valence-corrected chi connectivity index (χ1v) is 8.84. The van der Waals surface area contributed by atoms with E-state index >= 15 is 0 Å². The summed E-state index contributed by atoms with van der Waals surface area (Å²) in [5, 5.41) is 3.30. The maximum Gasteiger partial charge on any atom is 0.220 e. The summed E-state index contributed by atoms with van der Waals surface area (Å²) in [5.41, 5.74) is 0. The fourth-order valence-electron chi connectivity index (χ4n) is 3.93. The monoisotopic (exact) mass is 278 g/mol. The molecular formula is C17H30N2O. The topological polar surface area (TPSA) is 32.3 Å². The molecule has 20 heavy (non-hydrogen) atoms. The predicted molar refractivity (Wildman–Crippen MR) is 81.6 cm³/mol. The van der Waals surface area contributed by atoms with Crippen LogP contribution in [0.5, 0.6) is 0 Å². The smallest absolute Gasteiger partial charge is 0.220 e. The fourth-order valence-corrected chi connectivity index (χ4v) is 3.93. The number of nitrogens with one attached hydrogen (secondary N) is 1. The molecule has 0 unspecified atom stereocenters. The molecule has 1 N–H and O–H groups in total. The first kappa shape index (κ1) is 14.4. The van der Waals surface area contributed by atoms with Gasteiger partial charge in [0, 0.05) is 18.5 Å². The summed E-state index contributed by atoms with van der Waals surface area (Å²) in [6.45, 7) is 2.46. The number of carbonyl (C=O) groups excluding carboxylic acids is 1. The Hall–Kier alpha value is -0.570. The average molecular weight is 278 g/mol. The second kappa shape index (κ2) is 6.93. The molecule has 3 heteroatoms. The van der Waals surface area contributed by atoms with Gasteiger partial charge in [-0.1, -0.05) is 25.7 Å². The summed E-state index contributed by atoms with van der Waals surface area (Å²) in [5.74, 6) is 0.956. The molecule has 114 valence electrons. The summed E-state index contributed by atoms with van der Waals surface area (Å²) in [7, 11) is 0. The van der Waals surface area contributed by atoms with Crippen molar-refractivity contribution in [2.75, 3.05) is 13.1 Å². The van der Waals surface area contributed by atoms with Gasteiger partial charge < -0.3 is 10.2 Å². The minimum atomic E-state index is 0.321. The van der Waals surface area contributed by atoms with Gasteiger partial charge in [0.2, 0.25) is 5.91 Å². The van der Waals surface area contributed by atoms with Crippen LogP contribution in [0.2, 0.25) is 0 Å². The molecule has 1 aliphatic heterocycles. The Morgan fingerprint density at radius 1 is 0.900 bits per heavy atom. The number of nitrogens with zero attached hydrogens (tertiary/aromatic N) is 1. The van der Waals surface area contributed by atoms with Crippen LogP contribution in [-0.2, 0) is 4.79 Å². The first-order chi connectivity index (χ1) is 9.81. The minimum absolute atomic E-state index is 0.321. The van der Waals surface area contributed by atoms with Crippen molar-refractivity contribution in [2.24, 2.45) is 5.92 Å². The summed E-state index contributed by atoms with van der Waals surface area (Å²) in [6, 6.07) is 1.37. The van der Waals surface area contributed by atoms with Gasteiger partial charge in [-0.15, -0.1) is 0 Å². The Bertz CT molecular complexity index is 311. The van der Waals surface area contributed by atoms with Crippen LogP contribution in [0.1, 0.15) is 70.6 Å². The maximum absolute atomic E-state index is 12.2. The zero-order valence-corrected chi connectivity index (χ0v) is 12.8. The van der Waals surface area contributed by atoms with E-state index in [0.29, 0.717) is 17.9 Å². The van der Waals surface area contributed by atoms with Crippen LogP contribution in [-0.4, -0.2) is 36.0 Å². The van der Waals surface area contributed by atoms with Crippen molar-refractivity contribution < 1.29 is 4.79 Å². The van der Waals surface area contributed by atoms with Crippen LogP contribution < -0.4 is 5.32 Å². The van der Waals surface area contributed by atoms with E-state index in [9.17, 15) is 4.79 Å². The zero-order valence-electron chi connectivity index (χ0n) is 12.8. The molecule has 1 heterocycles. The molecule has 0 radical (unpaired) electrons. The number of carbonyl (C=O) groups is 1. The third kappa shape index (κ3) is 4.21. The van der Waals surface area contributed by atoms with E-state index in [1.807, 2.05) is 0 Å². The quantitative estimate of drug-likeness (QED) is 0.802. The molecular weight excluding hydrogens is 248 g/mol. The van der Waals surface area contributed by atoms with Crippen LogP contribution in [0.3, 0.4) is 0 Å². The molecule has 2 saturated carbocycles. The van der Waals surface area contributed by atoms with Crippen LogP contribution in [0.4, 0.5) is 0 Å². The molecule has 3 nitrogen and oxygen atoms in total. The molecule has 0 spiro atoms. The highest BCUT2D eigenvalue weighted by molar-refractivity contribution is 5.76. The standard InChI is InChI=1S/C17H30N2O/c20-17(18-15-5-3-1-2-4-6-15)13-14-9-11-19(12-10-14)16-7-8-16/h14-16H,1-13H2,(H,18,20). The number of hydrogen-bond donors (Lipinski definition) is 1. The number of rotatable bonds is 4. The highest BCUT2D eigenvalue weighted by atomic mass is 16.1. The van der Waals surface area contributed by atoms with Gasteiger partial charge >= 0.3 is 0 Å². The molecule has 1 amide bonds. The van der Waals surface area contributed by atoms with E-state index in [4.69, 9.17) is 0 Å².